The van der Waals surface area contributed by atoms with Gasteiger partial charge in [-0.05, 0) is 12.8 Å². The Balaban J connectivity index is 0.000000490. The first-order chi connectivity index (χ1) is 3.39. The molecular weight excluding hydrogens is 129 g/mol. The highest BCUT2D eigenvalue weighted by molar-refractivity contribution is 5.85. The second-order valence-electron chi connectivity index (χ2n) is 1.97. The Morgan fingerprint density at radius 3 is 1.75 bits per heavy atom. The zero-order valence-corrected chi connectivity index (χ0v) is 5.59. The van der Waals surface area contributed by atoms with Crippen molar-refractivity contribution in [1.29, 1.82) is 0 Å². The number of halogens is 2. The van der Waals surface area contributed by atoms with Crippen molar-refractivity contribution in [2.24, 2.45) is 0 Å². The number of rotatable bonds is 0. The van der Waals surface area contributed by atoms with E-state index < -0.39 is 0 Å². The second-order valence-corrected chi connectivity index (χ2v) is 1.97. The molecule has 1 heterocycles. The summed E-state index contributed by atoms with van der Waals surface area (Å²) in [5.41, 5.74) is 0. The summed E-state index contributed by atoms with van der Waals surface area (Å²) >= 11 is 0. The molecule has 3 heteroatoms. The maximum atomic E-state index is 12.0. The highest BCUT2D eigenvalue weighted by Crippen LogP contribution is 2.07. The fourth-order valence-corrected chi connectivity index (χ4v) is 0.855. The first kappa shape index (κ1) is 8.18. The molecule has 0 N–H and O–H groups in total. The van der Waals surface area contributed by atoms with Crippen LogP contribution in [0, 0.1) is 0 Å². The van der Waals surface area contributed by atoms with Crippen LogP contribution in [0.3, 0.4) is 0 Å². The molecule has 0 atom stereocenters. The third-order valence-electron chi connectivity index (χ3n) is 1.30. The Bertz CT molecular complexity index is 54.4. The molecule has 0 aromatic heterocycles. The van der Waals surface area contributed by atoms with E-state index in [0.717, 1.165) is 18.0 Å². The Hall–Kier alpha value is 0.180. The molecule has 0 aliphatic carbocycles. The van der Waals surface area contributed by atoms with Crippen LogP contribution in [0.15, 0.2) is 0 Å². The van der Waals surface area contributed by atoms with Crippen molar-refractivity contribution in [2.45, 2.75) is 19.3 Å². The maximum absolute atomic E-state index is 12.0. The monoisotopic (exact) mass is 139 g/mol. The van der Waals surface area contributed by atoms with Crippen molar-refractivity contribution in [3.8, 4) is 0 Å². The zero-order valence-electron chi connectivity index (χ0n) is 4.77. The second kappa shape index (κ2) is 4.10. The molecule has 0 aromatic carbocycles. The molecule has 50 valence electrons. The van der Waals surface area contributed by atoms with Gasteiger partial charge in [0, 0.05) is 13.1 Å². The van der Waals surface area contributed by atoms with Gasteiger partial charge in [0.15, 0.2) is 0 Å². The minimum Gasteiger partial charge on any atom is -0.147 e. The maximum Gasteiger partial charge on any atom is 0.0290 e. The van der Waals surface area contributed by atoms with E-state index in [9.17, 15) is 4.48 Å². The van der Waals surface area contributed by atoms with Gasteiger partial charge in [0.1, 0.15) is 0 Å². The van der Waals surface area contributed by atoms with E-state index in [2.05, 4.69) is 0 Å². The van der Waals surface area contributed by atoms with Crippen molar-refractivity contribution in [3.63, 3.8) is 0 Å². The van der Waals surface area contributed by atoms with Gasteiger partial charge in [0.25, 0.3) is 0 Å². The van der Waals surface area contributed by atoms with Crippen molar-refractivity contribution in [3.05, 3.63) is 0 Å². The quantitative estimate of drug-likeness (QED) is 0.463. The summed E-state index contributed by atoms with van der Waals surface area (Å²) in [5, 5.41) is 0.892. The highest BCUT2D eigenvalue weighted by atomic mass is 35.5. The van der Waals surface area contributed by atoms with Gasteiger partial charge in [0.05, 0.1) is 0 Å². The van der Waals surface area contributed by atoms with Gasteiger partial charge < -0.3 is 0 Å². The van der Waals surface area contributed by atoms with Crippen molar-refractivity contribution in [2.75, 3.05) is 13.1 Å². The number of piperidine rings is 1. The van der Waals surface area contributed by atoms with Gasteiger partial charge >= 0.3 is 0 Å². The van der Waals surface area contributed by atoms with Crippen LogP contribution < -0.4 is 0 Å². The van der Waals surface area contributed by atoms with Gasteiger partial charge in [-0.15, -0.1) is 22.0 Å². The largest absolute Gasteiger partial charge is 0.147 e. The third-order valence-corrected chi connectivity index (χ3v) is 1.30. The first-order valence-corrected chi connectivity index (χ1v) is 2.80. The summed E-state index contributed by atoms with van der Waals surface area (Å²) < 4.78 is 12.0. The average Bonchev–Trinajstić information content (AvgIpc) is 1.69. The fraction of sp³-hybridized carbons (Fsp3) is 1.00. The molecule has 0 amide bonds. The van der Waals surface area contributed by atoms with Crippen LogP contribution in [0.2, 0.25) is 0 Å². The van der Waals surface area contributed by atoms with Gasteiger partial charge in [-0.3, -0.25) is 0 Å². The molecule has 1 fully saturated rings. The summed E-state index contributed by atoms with van der Waals surface area (Å²) in [6.45, 7) is 1.31. The van der Waals surface area contributed by atoms with Crippen LogP contribution >= 0.6 is 12.4 Å². The van der Waals surface area contributed by atoms with Crippen molar-refractivity contribution in [1.82, 2.24) is 5.12 Å². The van der Waals surface area contributed by atoms with Crippen LogP contribution in [-0.4, -0.2) is 18.2 Å². The molecule has 1 aliphatic heterocycles. The summed E-state index contributed by atoms with van der Waals surface area (Å²) in [7, 11) is 0. The van der Waals surface area contributed by atoms with E-state index in [1.54, 1.807) is 0 Å². The Labute approximate surface area is 55.2 Å². The van der Waals surface area contributed by atoms with Crippen molar-refractivity contribution < 1.29 is 4.48 Å². The van der Waals surface area contributed by atoms with E-state index in [0.29, 0.717) is 13.1 Å². The van der Waals surface area contributed by atoms with Crippen LogP contribution in [0.25, 0.3) is 0 Å². The van der Waals surface area contributed by atoms with E-state index in [1.807, 2.05) is 0 Å². The van der Waals surface area contributed by atoms with E-state index in [4.69, 9.17) is 0 Å². The molecule has 1 nitrogen and oxygen atoms in total. The smallest absolute Gasteiger partial charge is 0.0290 e. The average molecular weight is 140 g/mol. The summed E-state index contributed by atoms with van der Waals surface area (Å²) in [4.78, 5) is 0. The number of nitrogens with zero attached hydrogens (tertiary/aromatic N) is 1. The molecule has 1 aliphatic rings. The van der Waals surface area contributed by atoms with Crippen molar-refractivity contribution >= 4 is 12.4 Å². The Kier molecular flexibility index (Phi) is 4.19. The lowest BCUT2D eigenvalue weighted by atomic mass is 10.2. The molecule has 1 rings (SSSR count). The third kappa shape index (κ3) is 2.48. The van der Waals surface area contributed by atoms with E-state index in [-0.39, 0.29) is 12.4 Å². The molecule has 0 spiro atoms. The fourth-order valence-electron chi connectivity index (χ4n) is 0.855. The van der Waals surface area contributed by atoms with Gasteiger partial charge in [-0.2, -0.15) is 0 Å². The Morgan fingerprint density at radius 1 is 1.00 bits per heavy atom. The van der Waals surface area contributed by atoms with E-state index >= 15 is 0 Å². The van der Waals surface area contributed by atoms with Gasteiger partial charge in [-0.1, -0.05) is 6.42 Å². The first-order valence-electron chi connectivity index (χ1n) is 2.80. The normalized spacial score (nSPS) is 22.1. The zero-order chi connectivity index (χ0) is 5.11. The number of hydrogen-bond acceptors (Lipinski definition) is 1. The Morgan fingerprint density at radius 2 is 1.50 bits per heavy atom. The highest BCUT2D eigenvalue weighted by Gasteiger charge is 2.06. The van der Waals surface area contributed by atoms with E-state index in [1.165, 1.54) is 6.42 Å². The lowest BCUT2D eigenvalue weighted by Crippen LogP contribution is -2.20. The van der Waals surface area contributed by atoms with Gasteiger partial charge in [0.2, 0.25) is 0 Å². The molecule has 0 aromatic rings. The molecule has 0 unspecified atom stereocenters. The predicted molar refractivity (Wildman–Crippen MR) is 33.8 cm³/mol. The SMILES string of the molecule is Cl.FN1CCCCC1. The molecule has 0 radical (unpaired) electrons. The molecular formula is C5H11ClFN. The minimum atomic E-state index is 0. The predicted octanol–water partition coefficient (Wildman–Crippen LogP) is 1.78. The summed E-state index contributed by atoms with van der Waals surface area (Å²) in [5.74, 6) is 0. The number of hydrogen-bond donors (Lipinski definition) is 0. The lowest BCUT2D eigenvalue weighted by molar-refractivity contribution is 0.00630. The summed E-state index contributed by atoms with van der Waals surface area (Å²) in [6, 6.07) is 0. The van der Waals surface area contributed by atoms with Crippen LogP contribution in [-0.2, 0) is 0 Å². The van der Waals surface area contributed by atoms with Crippen LogP contribution in [0.4, 0.5) is 4.48 Å². The topological polar surface area (TPSA) is 3.24 Å². The van der Waals surface area contributed by atoms with Crippen LogP contribution in [0.1, 0.15) is 19.3 Å². The summed E-state index contributed by atoms with van der Waals surface area (Å²) in [6.07, 6.45) is 3.29. The van der Waals surface area contributed by atoms with Gasteiger partial charge in [-0.25, -0.2) is 0 Å². The lowest BCUT2D eigenvalue weighted by Gasteiger charge is -2.15. The molecule has 8 heavy (non-hydrogen) atoms. The molecule has 0 saturated carbocycles. The standard InChI is InChI=1S/C5H10FN.ClH/c6-7-4-2-1-3-5-7;/h1-5H2;1H. The van der Waals surface area contributed by atoms with Crippen LogP contribution in [0.5, 0.6) is 0 Å². The minimum absolute atomic E-state index is 0. The molecule has 0 bridgehead atoms. The molecule has 1 saturated heterocycles.